The molecule has 0 fully saturated rings. The fourth-order valence-corrected chi connectivity index (χ4v) is 1.97. The Balaban J connectivity index is 1.74. The second kappa shape index (κ2) is 5.00. The first-order valence-corrected chi connectivity index (χ1v) is 6.12. The number of amides is 2. The Morgan fingerprint density at radius 1 is 1.15 bits per heavy atom. The van der Waals surface area contributed by atoms with Gasteiger partial charge in [-0.1, -0.05) is 0 Å². The normalized spacial score (nSPS) is 10.4. The molecule has 20 heavy (non-hydrogen) atoms. The summed E-state index contributed by atoms with van der Waals surface area (Å²) in [5, 5.41) is 10.6. The SMILES string of the molecule is Cn1ncc2cc(NC(=O)Nc3cccnc3)ccc21. The molecule has 0 radical (unpaired) electrons. The van der Waals surface area contributed by atoms with Crippen LogP contribution in [0.5, 0.6) is 0 Å². The van der Waals surface area contributed by atoms with Crippen LogP contribution < -0.4 is 10.6 Å². The molecule has 6 nitrogen and oxygen atoms in total. The molecule has 0 unspecified atom stereocenters. The summed E-state index contributed by atoms with van der Waals surface area (Å²) in [7, 11) is 1.88. The molecule has 6 heteroatoms. The van der Waals surface area contributed by atoms with Crippen molar-refractivity contribution in [1.82, 2.24) is 14.8 Å². The molecule has 0 bridgehead atoms. The van der Waals surface area contributed by atoms with Gasteiger partial charge in [-0.05, 0) is 30.3 Å². The number of carbonyl (C=O) groups excluding carboxylic acids is 1. The van der Waals surface area contributed by atoms with Gasteiger partial charge in [0.1, 0.15) is 0 Å². The number of aromatic nitrogens is 3. The summed E-state index contributed by atoms with van der Waals surface area (Å²) in [6.45, 7) is 0. The van der Waals surface area contributed by atoms with Crippen molar-refractivity contribution in [3.05, 3.63) is 48.9 Å². The van der Waals surface area contributed by atoms with E-state index in [0.717, 1.165) is 10.9 Å². The number of hydrogen-bond donors (Lipinski definition) is 2. The molecule has 0 aliphatic carbocycles. The number of pyridine rings is 1. The van der Waals surface area contributed by atoms with Crippen molar-refractivity contribution in [2.75, 3.05) is 10.6 Å². The van der Waals surface area contributed by atoms with Crippen LogP contribution in [0.3, 0.4) is 0 Å². The van der Waals surface area contributed by atoms with E-state index >= 15 is 0 Å². The third-order valence-electron chi connectivity index (χ3n) is 2.92. The number of anilines is 2. The third kappa shape index (κ3) is 2.44. The molecule has 2 heterocycles. The number of rotatable bonds is 2. The summed E-state index contributed by atoms with van der Waals surface area (Å²) >= 11 is 0. The highest BCUT2D eigenvalue weighted by Crippen LogP contribution is 2.18. The Bertz CT molecular complexity index is 751. The summed E-state index contributed by atoms with van der Waals surface area (Å²) in [6.07, 6.45) is 5.00. The van der Waals surface area contributed by atoms with Crippen molar-refractivity contribution in [1.29, 1.82) is 0 Å². The van der Waals surface area contributed by atoms with Crippen LogP contribution in [0.4, 0.5) is 16.2 Å². The molecule has 2 aromatic heterocycles. The highest BCUT2D eigenvalue weighted by molar-refractivity contribution is 6.00. The van der Waals surface area contributed by atoms with Gasteiger partial charge in [-0.15, -0.1) is 0 Å². The Morgan fingerprint density at radius 2 is 2.00 bits per heavy atom. The predicted octanol–water partition coefficient (Wildman–Crippen LogP) is 2.61. The molecule has 2 amide bonds. The number of aryl methyl sites for hydroxylation is 1. The molecular formula is C14H13N5O. The molecule has 0 atom stereocenters. The van der Waals surface area contributed by atoms with Crippen LogP contribution in [0.15, 0.2) is 48.9 Å². The lowest BCUT2D eigenvalue weighted by Crippen LogP contribution is -2.19. The Morgan fingerprint density at radius 3 is 2.80 bits per heavy atom. The average Bonchev–Trinajstić information content (AvgIpc) is 2.81. The fourth-order valence-electron chi connectivity index (χ4n) is 1.97. The first-order valence-electron chi connectivity index (χ1n) is 6.12. The van der Waals surface area contributed by atoms with Crippen LogP contribution >= 0.6 is 0 Å². The van der Waals surface area contributed by atoms with Gasteiger partial charge in [-0.2, -0.15) is 5.10 Å². The number of carbonyl (C=O) groups is 1. The van der Waals surface area contributed by atoms with E-state index in [1.807, 2.05) is 25.2 Å². The summed E-state index contributed by atoms with van der Waals surface area (Å²) in [4.78, 5) is 15.8. The minimum Gasteiger partial charge on any atom is -0.308 e. The maximum atomic E-state index is 11.9. The lowest BCUT2D eigenvalue weighted by atomic mass is 10.2. The quantitative estimate of drug-likeness (QED) is 0.749. The Hall–Kier alpha value is -2.89. The number of nitrogens with zero attached hydrogens (tertiary/aromatic N) is 3. The van der Waals surface area contributed by atoms with Gasteiger partial charge in [0.2, 0.25) is 0 Å². The molecule has 0 saturated carbocycles. The maximum Gasteiger partial charge on any atom is 0.323 e. The van der Waals surface area contributed by atoms with Crippen LogP contribution in [0.1, 0.15) is 0 Å². The zero-order chi connectivity index (χ0) is 13.9. The van der Waals surface area contributed by atoms with Gasteiger partial charge in [0.05, 0.1) is 23.6 Å². The topological polar surface area (TPSA) is 71.8 Å². The van der Waals surface area contributed by atoms with Crippen molar-refractivity contribution < 1.29 is 4.79 Å². The van der Waals surface area contributed by atoms with Gasteiger partial charge in [0, 0.05) is 24.3 Å². The van der Waals surface area contributed by atoms with Crippen LogP contribution in [-0.4, -0.2) is 20.8 Å². The first-order chi connectivity index (χ1) is 9.72. The minimum atomic E-state index is -0.304. The lowest BCUT2D eigenvalue weighted by molar-refractivity contribution is 0.262. The van der Waals surface area contributed by atoms with Crippen LogP contribution in [0, 0.1) is 0 Å². The standard InChI is InChI=1S/C14H13N5O/c1-19-13-5-4-11(7-10(13)8-16-19)17-14(20)18-12-3-2-6-15-9-12/h2-9H,1H3,(H2,17,18,20). The van der Waals surface area contributed by atoms with Crippen molar-refractivity contribution in [2.45, 2.75) is 0 Å². The summed E-state index contributed by atoms with van der Waals surface area (Å²) < 4.78 is 1.79. The lowest BCUT2D eigenvalue weighted by Gasteiger charge is -2.07. The van der Waals surface area contributed by atoms with Gasteiger partial charge in [-0.25, -0.2) is 4.79 Å². The molecule has 0 spiro atoms. The van der Waals surface area contributed by atoms with Crippen LogP contribution in [-0.2, 0) is 7.05 Å². The number of fused-ring (bicyclic) bond motifs is 1. The average molecular weight is 267 g/mol. The summed E-state index contributed by atoms with van der Waals surface area (Å²) in [5.74, 6) is 0. The number of hydrogen-bond acceptors (Lipinski definition) is 3. The molecule has 0 aliphatic heterocycles. The van der Waals surface area contributed by atoms with E-state index in [-0.39, 0.29) is 6.03 Å². The predicted molar refractivity (Wildman–Crippen MR) is 77.6 cm³/mol. The van der Waals surface area contributed by atoms with Crippen LogP contribution in [0.2, 0.25) is 0 Å². The van der Waals surface area contributed by atoms with E-state index < -0.39 is 0 Å². The van der Waals surface area contributed by atoms with Gasteiger partial charge >= 0.3 is 6.03 Å². The number of urea groups is 1. The molecule has 3 rings (SSSR count). The van der Waals surface area contributed by atoms with E-state index in [1.54, 1.807) is 35.4 Å². The number of nitrogens with one attached hydrogen (secondary N) is 2. The molecule has 2 N–H and O–H groups in total. The van der Waals surface area contributed by atoms with Gasteiger partial charge < -0.3 is 10.6 Å². The van der Waals surface area contributed by atoms with Crippen molar-refractivity contribution >= 4 is 28.3 Å². The number of benzene rings is 1. The summed E-state index contributed by atoms with van der Waals surface area (Å²) in [6, 6.07) is 8.87. The second-order valence-electron chi connectivity index (χ2n) is 4.36. The Kier molecular flexibility index (Phi) is 3.04. The van der Waals surface area contributed by atoms with Gasteiger partial charge in [0.15, 0.2) is 0 Å². The third-order valence-corrected chi connectivity index (χ3v) is 2.92. The van der Waals surface area contributed by atoms with Gasteiger partial charge in [0.25, 0.3) is 0 Å². The van der Waals surface area contributed by atoms with E-state index in [1.165, 1.54) is 0 Å². The fraction of sp³-hybridized carbons (Fsp3) is 0.0714. The smallest absolute Gasteiger partial charge is 0.308 e. The van der Waals surface area contributed by atoms with Crippen molar-refractivity contribution in [2.24, 2.45) is 7.05 Å². The molecule has 3 aromatic rings. The minimum absolute atomic E-state index is 0.304. The van der Waals surface area contributed by atoms with E-state index in [0.29, 0.717) is 11.4 Å². The molecule has 100 valence electrons. The van der Waals surface area contributed by atoms with Crippen molar-refractivity contribution in [3.8, 4) is 0 Å². The van der Waals surface area contributed by atoms with Crippen LogP contribution in [0.25, 0.3) is 10.9 Å². The second-order valence-corrected chi connectivity index (χ2v) is 4.36. The highest BCUT2D eigenvalue weighted by atomic mass is 16.2. The largest absolute Gasteiger partial charge is 0.323 e. The monoisotopic (exact) mass is 267 g/mol. The zero-order valence-electron chi connectivity index (χ0n) is 10.9. The molecule has 1 aromatic carbocycles. The summed E-state index contributed by atoms with van der Waals surface area (Å²) in [5.41, 5.74) is 2.38. The zero-order valence-corrected chi connectivity index (χ0v) is 10.9. The van der Waals surface area contributed by atoms with E-state index in [2.05, 4.69) is 20.7 Å². The molecular weight excluding hydrogens is 254 g/mol. The van der Waals surface area contributed by atoms with E-state index in [4.69, 9.17) is 0 Å². The molecule has 0 saturated heterocycles. The van der Waals surface area contributed by atoms with E-state index in [9.17, 15) is 4.79 Å². The highest BCUT2D eigenvalue weighted by Gasteiger charge is 2.05. The maximum absolute atomic E-state index is 11.9. The van der Waals surface area contributed by atoms with Gasteiger partial charge in [-0.3, -0.25) is 9.67 Å². The molecule has 0 aliphatic rings. The first kappa shape index (κ1) is 12.2. The van der Waals surface area contributed by atoms with Crippen molar-refractivity contribution in [3.63, 3.8) is 0 Å². The Labute approximate surface area is 115 Å².